The van der Waals surface area contributed by atoms with Crippen LogP contribution in [0.25, 0.3) is 0 Å². The van der Waals surface area contributed by atoms with Gasteiger partial charge in [0.05, 0.1) is 6.61 Å². The first-order chi connectivity index (χ1) is 8.92. The number of carbonyl (C=O) groups excluding carboxylic acids is 2. The third-order valence-electron chi connectivity index (χ3n) is 2.43. The van der Waals surface area contributed by atoms with Crippen LogP contribution in [0.1, 0.15) is 26.2 Å². The van der Waals surface area contributed by atoms with Gasteiger partial charge in [-0.1, -0.05) is 6.92 Å². The number of urea groups is 1. The molecule has 1 atom stereocenters. The molecule has 0 aliphatic carbocycles. The third kappa shape index (κ3) is 7.24. The van der Waals surface area contributed by atoms with Crippen molar-refractivity contribution in [3.8, 4) is 0 Å². The van der Waals surface area contributed by atoms with E-state index in [1.165, 1.54) is 4.90 Å². The molecule has 5 N–H and O–H groups in total. The van der Waals surface area contributed by atoms with E-state index in [-0.39, 0.29) is 26.0 Å². The van der Waals surface area contributed by atoms with E-state index in [1.54, 1.807) is 0 Å². The van der Waals surface area contributed by atoms with Gasteiger partial charge >= 0.3 is 12.0 Å². The second-order valence-electron chi connectivity index (χ2n) is 4.06. The number of aliphatic carboxylic acids is 1. The normalized spacial score (nSPS) is 11.7. The number of hydrogen-bond acceptors (Lipinski definition) is 4. The van der Waals surface area contributed by atoms with Gasteiger partial charge in [-0.15, -0.1) is 0 Å². The van der Waals surface area contributed by atoms with Crippen molar-refractivity contribution in [1.29, 1.82) is 0 Å². The summed E-state index contributed by atoms with van der Waals surface area (Å²) in [6.45, 7) is 2.20. The maximum atomic E-state index is 11.8. The summed E-state index contributed by atoms with van der Waals surface area (Å²) < 4.78 is 0. The fourth-order valence-corrected chi connectivity index (χ4v) is 1.49. The van der Waals surface area contributed by atoms with Crippen LogP contribution in [-0.4, -0.2) is 58.8 Å². The molecule has 0 fully saturated rings. The first kappa shape index (κ1) is 17.2. The quantitative estimate of drug-likeness (QED) is 0.433. The number of nitrogens with two attached hydrogens (primary N) is 1. The Morgan fingerprint density at radius 1 is 1.32 bits per heavy atom. The lowest BCUT2D eigenvalue weighted by molar-refractivity contribution is -0.139. The summed E-state index contributed by atoms with van der Waals surface area (Å²) in [4.78, 5) is 34.7. The topological polar surface area (TPSA) is 133 Å². The summed E-state index contributed by atoms with van der Waals surface area (Å²) >= 11 is 0. The molecule has 0 bridgehead atoms. The van der Waals surface area contributed by atoms with Gasteiger partial charge in [0.2, 0.25) is 5.91 Å². The fraction of sp³-hybridized carbons (Fsp3) is 0.727. The van der Waals surface area contributed by atoms with E-state index in [0.717, 1.165) is 0 Å². The summed E-state index contributed by atoms with van der Waals surface area (Å²) in [5.41, 5.74) is 4.94. The van der Waals surface area contributed by atoms with Gasteiger partial charge in [0.15, 0.2) is 0 Å². The van der Waals surface area contributed by atoms with Crippen LogP contribution in [0.4, 0.5) is 4.79 Å². The van der Waals surface area contributed by atoms with Gasteiger partial charge in [-0.2, -0.15) is 0 Å². The maximum Gasteiger partial charge on any atom is 0.326 e. The number of rotatable bonds is 9. The van der Waals surface area contributed by atoms with E-state index in [1.807, 2.05) is 6.92 Å². The first-order valence-electron chi connectivity index (χ1n) is 6.09. The molecule has 0 aromatic rings. The van der Waals surface area contributed by atoms with Gasteiger partial charge in [0.1, 0.15) is 6.04 Å². The van der Waals surface area contributed by atoms with Crippen LogP contribution >= 0.6 is 0 Å². The Balaban J connectivity index is 4.49. The molecular weight excluding hydrogens is 254 g/mol. The Morgan fingerprint density at radius 2 is 1.95 bits per heavy atom. The molecule has 0 rings (SSSR count). The minimum absolute atomic E-state index is 0.0600. The highest BCUT2D eigenvalue weighted by molar-refractivity contribution is 5.83. The SMILES string of the molecule is CCCN(CCO)C(=O)N[C@H](CCC(N)=O)C(=O)O. The zero-order valence-corrected chi connectivity index (χ0v) is 11.0. The number of hydrogen-bond donors (Lipinski definition) is 4. The molecular formula is C11H21N3O5. The van der Waals surface area contributed by atoms with E-state index >= 15 is 0 Å². The zero-order chi connectivity index (χ0) is 14.8. The molecule has 0 saturated carbocycles. The summed E-state index contributed by atoms with van der Waals surface area (Å²) in [5.74, 6) is -1.85. The predicted molar refractivity (Wildman–Crippen MR) is 67.3 cm³/mol. The number of nitrogens with one attached hydrogen (secondary N) is 1. The van der Waals surface area contributed by atoms with Gasteiger partial charge in [-0.05, 0) is 12.8 Å². The van der Waals surface area contributed by atoms with Crippen molar-refractivity contribution >= 4 is 17.9 Å². The van der Waals surface area contributed by atoms with Crippen LogP contribution in [0.15, 0.2) is 0 Å². The monoisotopic (exact) mass is 275 g/mol. The van der Waals surface area contributed by atoms with Gasteiger partial charge in [0, 0.05) is 19.5 Å². The Bertz CT molecular complexity index is 315. The number of carboxylic acids is 1. The van der Waals surface area contributed by atoms with Crippen molar-refractivity contribution in [3.63, 3.8) is 0 Å². The second kappa shape index (κ2) is 9.15. The lowest BCUT2D eigenvalue weighted by Gasteiger charge is -2.24. The Morgan fingerprint density at radius 3 is 2.37 bits per heavy atom. The number of carboxylic acid groups (broad SMARTS) is 1. The zero-order valence-electron chi connectivity index (χ0n) is 11.0. The Labute approximate surface area is 111 Å². The predicted octanol–water partition coefficient (Wildman–Crippen LogP) is -0.881. The lowest BCUT2D eigenvalue weighted by atomic mass is 10.1. The fourth-order valence-electron chi connectivity index (χ4n) is 1.49. The van der Waals surface area contributed by atoms with E-state index in [2.05, 4.69) is 5.32 Å². The van der Waals surface area contributed by atoms with Crippen LogP contribution in [0.5, 0.6) is 0 Å². The number of aliphatic hydroxyl groups excluding tert-OH is 1. The molecule has 8 heteroatoms. The summed E-state index contributed by atoms with van der Waals surface area (Å²) in [7, 11) is 0. The number of carbonyl (C=O) groups is 3. The van der Waals surface area contributed by atoms with Crippen LogP contribution in [0.3, 0.4) is 0 Å². The molecule has 0 aromatic heterocycles. The van der Waals surface area contributed by atoms with Crippen molar-refractivity contribution in [1.82, 2.24) is 10.2 Å². The van der Waals surface area contributed by atoms with Gasteiger partial charge in [-0.25, -0.2) is 9.59 Å². The maximum absolute atomic E-state index is 11.8. The van der Waals surface area contributed by atoms with Crippen LogP contribution in [-0.2, 0) is 9.59 Å². The minimum Gasteiger partial charge on any atom is -0.480 e. The molecule has 3 amide bonds. The molecule has 0 aliphatic rings. The summed E-state index contributed by atoms with van der Waals surface area (Å²) in [5, 5.41) is 20.1. The number of primary amides is 1. The highest BCUT2D eigenvalue weighted by atomic mass is 16.4. The van der Waals surface area contributed by atoms with Crippen LogP contribution in [0.2, 0.25) is 0 Å². The summed E-state index contributed by atoms with van der Waals surface area (Å²) in [6, 6.07) is -1.74. The molecule has 8 nitrogen and oxygen atoms in total. The van der Waals surface area contributed by atoms with Crippen LogP contribution in [0, 0.1) is 0 Å². The molecule has 110 valence electrons. The van der Waals surface area contributed by atoms with Crippen LogP contribution < -0.4 is 11.1 Å². The van der Waals surface area contributed by atoms with Crippen molar-refractivity contribution in [3.05, 3.63) is 0 Å². The average molecular weight is 275 g/mol. The van der Waals surface area contributed by atoms with Gasteiger partial charge < -0.3 is 26.2 Å². The number of amides is 3. The molecule has 0 saturated heterocycles. The Hall–Kier alpha value is -1.83. The highest BCUT2D eigenvalue weighted by Gasteiger charge is 2.23. The third-order valence-corrected chi connectivity index (χ3v) is 2.43. The molecule has 0 heterocycles. The van der Waals surface area contributed by atoms with Gasteiger partial charge in [-0.3, -0.25) is 4.79 Å². The minimum atomic E-state index is -1.23. The lowest BCUT2D eigenvalue weighted by Crippen LogP contribution is -2.49. The number of nitrogens with zero attached hydrogens (tertiary/aromatic N) is 1. The smallest absolute Gasteiger partial charge is 0.326 e. The molecule has 0 unspecified atom stereocenters. The summed E-state index contributed by atoms with van der Waals surface area (Å²) in [6.07, 6.45) is 0.507. The molecule has 0 spiro atoms. The largest absolute Gasteiger partial charge is 0.480 e. The van der Waals surface area contributed by atoms with E-state index in [9.17, 15) is 14.4 Å². The van der Waals surface area contributed by atoms with Crippen molar-refractivity contribution in [2.24, 2.45) is 5.73 Å². The first-order valence-corrected chi connectivity index (χ1v) is 6.09. The standard InChI is InChI=1S/C11H21N3O5/c1-2-5-14(6-7-15)11(19)13-8(10(17)18)3-4-9(12)16/h8,15H,2-7H2,1H3,(H2,12,16)(H,13,19)(H,17,18)/t8-/m1/s1. The van der Waals surface area contributed by atoms with E-state index < -0.39 is 23.9 Å². The second-order valence-corrected chi connectivity index (χ2v) is 4.06. The van der Waals surface area contributed by atoms with E-state index in [0.29, 0.717) is 13.0 Å². The van der Waals surface area contributed by atoms with Crippen molar-refractivity contribution < 1.29 is 24.6 Å². The molecule has 19 heavy (non-hydrogen) atoms. The molecule has 0 aromatic carbocycles. The Kier molecular flexibility index (Phi) is 8.27. The van der Waals surface area contributed by atoms with Crippen molar-refractivity contribution in [2.75, 3.05) is 19.7 Å². The van der Waals surface area contributed by atoms with E-state index in [4.69, 9.17) is 15.9 Å². The highest BCUT2D eigenvalue weighted by Crippen LogP contribution is 2.00. The molecule has 0 radical (unpaired) electrons. The van der Waals surface area contributed by atoms with Gasteiger partial charge in [0.25, 0.3) is 0 Å². The van der Waals surface area contributed by atoms with Crippen molar-refractivity contribution in [2.45, 2.75) is 32.2 Å². The molecule has 0 aliphatic heterocycles. The number of aliphatic hydroxyl groups is 1. The average Bonchev–Trinajstić information content (AvgIpc) is 2.33.